The van der Waals surface area contributed by atoms with E-state index < -0.39 is 0 Å². The Hall–Kier alpha value is -1.95. The molecule has 7 heteroatoms. The number of benzene rings is 2. The first kappa shape index (κ1) is 18.8. The Labute approximate surface area is 165 Å². The van der Waals surface area contributed by atoms with Gasteiger partial charge in [0.1, 0.15) is 0 Å². The van der Waals surface area contributed by atoms with Crippen molar-refractivity contribution in [3.63, 3.8) is 0 Å². The molecule has 0 aliphatic carbocycles. The van der Waals surface area contributed by atoms with Crippen LogP contribution in [0, 0.1) is 0 Å². The van der Waals surface area contributed by atoms with E-state index in [0.29, 0.717) is 23.4 Å². The molecule has 4 nitrogen and oxygen atoms in total. The minimum absolute atomic E-state index is 0.0887. The van der Waals surface area contributed by atoms with Gasteiger partial charge in [-0.15, -0.1) is 0 Å². The number of hydrogen-bond acceptors (Lipinski definition) is 4. The number of nitrogens with zero attached hydrogens (tertiary/aromatic N) is 1. The Morgan fingerprint density at radius 1 is 1.08 bits per heavy atom. The van der Waals surface area contributed by atoms with Crippen LogP contribution in [0.3, 0.4) is 0 Å². The molecule has 0 aromatic heterocycles. The summed E-state index contributed by atoms with van der Waals surface area (Å²) in [6.07, 6.45) is 3.05. The van der Waals surface area contributed by atoms with E-state index in [-0.39, 0.29) is 26.9 Å². The molecule has 0 radical (unpaired) electrons. The first-order valence-corrected chi connectivity index (χ1v) is 9.50. The highest BCUT2D eigenvalue weighted by Crippen LogP contribution is 2.36. The summed E-state index contributed by atoms with van der Waals surface area (Å²) in [5.41, 5.74) is 1.72. The zero-order valence-corrected chi connectivity index (χ0v) is 15.9. The van der Waals surface area contributed by atoms with Gasteiger partial charge in [-0.05, 0) is 53.9 Å². The van der Waals surface area contributed by atoms with Crippen LogP contribution in [0.5, 0.6) is 5.75 Å². The maximum absolute atomic E-state index is 12.5. The van der Waals surface area contributed by atoms with E-state index in [1.807, 2.05) is 30.3 Å². The van der Waals surface area contributed by atoms with Crippen LogP contribution >= 0.6 is 35.0 Å². The largest absolute Gasteiger partial charge is 0.505 e. The second kappa shape index (κ2) is 8.16. The highest BCUT2D eigenvalue weighted by atomic mass is 35.5. The standard InChI is InChI=1S/C19H15Cl2NO3S/c20-14-9-13(10-15(21)17(14)23)11-16-18(24)22(19(25)26-16)8-4-7-12-5-2-1-3-6-12/h1-3,5-6,9-11,23H,4,7-8H2/b16-11+. The minimum atomic E-state index is -0.326. The lowest BCUT2D eigenvalue weighted by Crippen LogP contribution is -2.29. The van der Waals surface area contributed by atoms with Crippen molar-refractivity contribution in [2.45, 2.75) is 12.8 Å². The Morgan fingerprint density at radius 3 is 2.38 bits per heavy atom. The number of phenols is 1. The number of carbonyl (C=O) groups excluding carboxylic acids is 2. The molecule has 3 rings (SSSR count). The Morgan fingerprint density at radius 2 is 1.73 bits per heavy atom. The van der Waals surface area contributed by atoms with Crippen LogP contribution in [0.1, 0.15) is 17.5 Å². The highest BCUT2D eigenvalue weighted by Gasteiger charge is 2.34. The minimum Gasteiger partial charge on any atom is -0.505 e. The third-order valence-corrected chi connectivity index (χ3v) is 5.38. The molecular formula is C19H15Cl2NO3S. The summed E-state index contributed by atoms with van der Waals surface area (Å²) < 4.78 is 0. The SMILES string of the molecule is O=C1S/C(=C/c2cc(Cl)c(O)c(Cl)c2)C(=O)N1CCCc1ccccc1. The number of carbonyl (C=O) groups is 2. The van der Waals surface area contributed by atoms with Gasteiger partial charge in [-0.3, -0.25) is 14.5 Å². The predicted octanol–water partition coefficient (Wildman–Crippen LogP) is 5.37. The van der Waals surface area contributed by atoms with E-state index in [1.165, 1.54) is 22.6 Å². The lowest BCUT2D eigenvalue weighted by Gasteiger charge is -2.12. The first-order chi connectivity index (χ1) is 12.5. The summed E-state index contributed by atoms with van der Waals surface area (Å²) in [7, 11) is 0. The van der Waals surface area contributed by atoms with Crippen molar-refractivity contribution < 1.29 is 14.7 Å². The van der Waals surface area contributed by atoms with Crippen molar-refractivity contribution in [3.05, 3.63) is 68.5 Å². The molecule has 0 unspecified atom stereocenters. The van der Waals surface area contributed by atoms with Gasteiger partial charge >= 0.3 is 0 Å². The van der Waals surface area contributed by atoms with E-state index in [4.69, 9.17) is 23.2 Å². The van der Waals surface area contributed by atoms with Gasteiger partial charge in [-0.1, -0.05) is 53.5 Å². The quantitative estimate of drug-likeness (QED) is 0.676. The fourth-order valence-corrected chi connectivity index (χ4v) is 3.97. The van der Waals surface area contributed by atoms with Gasteiger partial charge < -0.3 is 5.11 Å². The molecule has 1 heterocycles. The predicted molar refractivity (Wildman–Crippen MR) is 106 cm³/mol. The summed E-state index contributed by atoms with van der Waals surface area (Å²) >= 11 is 12.7. The molecule has 1 fully saturated rings. The smallest absolute Gasteiger partial charge is 0.293 e. The highest BCUT2D eigenvalue weighted by molar-refractivity contribution is 8.18. The second-order valence-electron chi connectivity index (χ2n) is 5.76. The molecule has 0 bridgehead atoms. The Balaban J connectivity index is 1.68. The summed E-state index contributed by atoms with van der Waals surface area (Å²) in [5, 5.41) is 9.49. The van der Waals surface area contributed by atoms with E-state index in [0.717, 1.165) is 18.2 Å². The van der Waals surface area contributed by atoms with E-state index in [2.05, 4.69) is 0 Å². The van der Waals surface area contributed by atoms with Crippen LogP contribution in [0.4, 0.5) is 4.79 Å². The number of hydrogen-bond donors (Lipinski definition) is 1. The maximum atomic E-state index is 12.5. The van der Waals surface area contributed by atoms with Crippen LogP contribution < -0.4 is 0 Å². The maximum Gasteiger partial charge on any atom is 0.293 e. The lowest BCUT2D eigenvalue weighted by atomic mass is 10.1. The fraction of sp³-hybridized carbons (Fsp3) is 0.158. The summed E-state index contributed by atoms with van der Waals surface area (Å²) in [6, 6.07) is 12.9. The first-order valence-electron chi connectivity index (χ1n) is 7.93. The molecule has 0 spiro atoms. The Bertz CT molecular complexity index is 861. The van der Waals surface area contributed by atoms with Gasteiger partial charge in [0, 0.05) is 6.54 Å². The molecule has 1 aliphatic heterocycles. The molecule has 26 heavy (non-hydrogen) atoms. The van der Waals surface area contributed by atoms with Crippen LogP contribution in [0.15, 0.2) is 47.4 Å². The van der Waals surface area contributed by atoms with Gasteiger partial charge in [0.25, 0.3) is 11.1 Å². The van der Waals surface area contributed by atoms with E-state index >= 15 is 0 Å². The normalized spacial score (nSPS) is 15.9. The van der Waals surface area contributed by atoms with E-state index in [1.54, 1.807) is 6.08 Å². The molecule has 1 saturated heterocycles. The summed E-state index contributed by atoms with van der Waals surface area (Å²) in [5.74, 6) is -0.534. The zero-order chi connectivity index (χ0) is 18.7. The van der Waals surface area contributed by atoms with Crippen molar-refractivity contribution in [1.82, 2.24) is 4.90 Å². The zero-order valence-electron chi connectivity index (χ0n) is 13.6. The van der Waals surface area contributed by atoms with Gasteiger partial charge in [-0.2, -0.15) is 0 Å². The summed E-state index contributed by atoms with van der Waals surface area (Å²) in [4.78, 5) is 26.2. The number of aryl methyl sites for hydroxylation is 1. The number of thioether (sulfide) groups is 1. The van der Waals surface area contributed by atoms with Crippen molar-refractivity contribution in [2.24, 2.45) is 0 Å². The molecule has 2 amide bonds. The Kier molecular flexibility index (Phi) is 5.91. The van der Waals surface area contributed by atoms with Crippen LogP contribution in [0.25, 0.3) is 6.08 Å². The van der Waals surface area contributed by atoms with E-state index in [9.17, 15) is 14.7 Å². The number of rotatable bonds is 5. The third kappa shape index (κ3) is 4.23. The lowest BCUT2D eigenvalue weighted by molar-refractivity contribution is -0.122. The monoisotopic (exact) mass is 407 g/mol. The molecule has 1 N–H and O–H groups in total. The average molecular weight is 408 g/mol. The molecule has 2 aromatic rings. The third-order valence-electron chi connectivity index (χ3n) is 3.90. The van der Waals surface area contributed by atoms with Crippen LogP contribution in [-0.4, -0.2) is 27.7 Å². The van der Waals surface area contributed by atoms with Crippen molar-refractivity contribution >= 4 is 52.2 Å². The molecule has 0 saturated carbocycles. The van der Waals surface area contributed by atoms with Gasteiger partial charge in [0.2, 0.25) is 0 Å². The van der Waals surface area contributed by atoms with Crippen molar-refractivity contribution in [1.29, 1.82) is 0 Å². The van der Waals surface area contributed by atoms with Crippen LogP contribution in [0.2, 0.25) is 10.0 Å². The number of aromatic hydroxyl groups is 1. The number of halogens is 2. The average Bonchev–Trinajstić information content (AvgIpc) is 2.88. The topological polar surface area (TPSA) is 57.6 Å². The molecule has 134 valence electrons. The molecule has 1 aliphatic rings. The van der Waals surface area contributed by atoms with Crippen LogP contribution in [-0.2, 0) is 11.2 Å². The summed E-state index contributed by atoms with van der Waals surface area (Å²) in [6.45, 7) is 0.369. The van der Waals surface area contributed by atoms with Crippen molar-refractivity contribution in [3.8, 4) is 5.75 Å². The van der Waals surface area contributed by atoms with Gasteiger partial charge in [-0.25, -0.2) is 0 Å². The number of amides is 2. The number of imide groups is 1. The van der Waals surface area contributed by atoms with Gasteiger partial charge in [0.05, 0.1) is 15.0 Å². The fourth-order valence-electron chi connectivity index (χ4n) is 2.60. The molecular weight excluding hydrogens is 393 g/mol. The molecule has 0 atom stereocenters. The van der Waals surface area contributed by atoms with Crippen molar-refractivity contribution in [2.75, 3.05) is 6.54 Å². The number of phenolic OH excluding ortho intramolecular Hbond substituents is 1. The van der Waals surface area contributed by atoms with Gasteiger partial charge in [0.15, 0.2) is 5.75 Å². The second-order valence-corrected chi connectivity index (χ2v) is 7.56. The molecule has 2 aromatic carbocycles.